The molecule has 1 aromatic rings. The molecule has 7 atom stereocenters. The number of cyclic esters (lactones) is 4. The molecule has 1 aromatic carbocycles. The molecule has 1 aliphatic heterocycles. The van der Waals surface area contributed by atoms with Crippen LogP contribution in [-0.4, -0.2) is 77.5 Å². The van der Waals surface area contributed by atoms with Crippen LogP contribution in [0, 0.1) is 23.2 Å². The highest BCUT2D eigenvalue weighted by molar-refractivity contribution is 6.06. The maximum Gasteiger partial charge on any atom is 0.348 e. The van der Waals surface area contributed by atoms with E-state index in [-0.39, 0.29) is 23.6 Å². The first-order valence-electron chi connectivity index (χ1n) is 16.1. The second-order valence-corrected chi connectivity index (χ2v) is 13.1. The molecule has 0 spiro atoms. The van der Waals surface area contributed by atoms with Gasteiger partial charge >= 0.3 is 23.9 Å². The Morgan fingerprint density at radius 3 is 2.00 bits per heavy atom. The van der Waals surface area contributed by atoms with E-state index >= 15 is 0 Å². The van der Waals surface area contributed by atoms with Gasteiger partial charge in [-0.3, -0.25) is 19.2 Å². The molecule has 0 aromatic heterocycles. The van der Waals surface area contributed by atoms with Crippen LogP contribution in [0.5, 0.6) is 5.75 Å². The van der Waals surface area contributed by atoms with E-state index in [9.17, 15) is 38.7 Å². The Labute approximate surface area is 280 Å². The van der Waals surface area contributed by atoms with Crippen LogP contribution < -0.4 is 10.6 Å². The van der Waals surface area contributed by atoms with Gasteiger partial charge in [-0.2, -0.15) is 0 Å². The lowest BCUT2D eigenvalue weighted by atomic mass is 9.82. The largest absolute Gasteiger partial charge is 0.505 e. The summed E-state index contributed by atoms with van der Waals surface area (Å²) in [7, 11) is 0. The number of ether oxygens (including phenoxy) is 4. The third kappa shape index (κ3) is 9.54. The van der Waals surface area contributed by atoms with Crippen LogP contribution in [0.3, 0.4) is 0 Å². The summed E-state index contributed by atoms with van der Waals surface area (Å²) in [6.07, 6.45) is -4.95. The van der Waals surface area contributed by atoms with Crippen LogP contribution >= 0.6 is 0 Å². The number of anilines is 1. The second-order valence-electron chi connectivity index (χ2n) is 13.1. The SMILES string of the molecule is CC[C@H](C)C1OC(=O)C(C)(C)C(=O)[C@H](CC(C)C)OC(=O)[C@H]([C@@H](C)CC)OC(=O)C(NC(=O)c2cccc(NC=O)c2O)[C@@H](C)OC1=O. The molecule has 2 unspecified atom stereocenters. The first-order chi connectivity index (χ1) is 22.4. The number of nitrogens with one attached hydrogen (secondary N) is 2. The minimum Gasteiger partial charge on any atom is -0.505 e. The van der Waals surface area contributed by atoms with E-state index < -0.39 is 89.0 Å². The number of rotatable bonds is 10. The number of aromatic hydroxyl groups is 1. The molecule has 1 saturated heterocycles. The fourth-order valence-electron chi connectivity index (χ4n) is 4.84. The fraction of sp³-hybridized carbons (Fsp3) is 0.618. The number of carbonyl (C=O) groups excluding carboxylic acids is 7. The normalized spacial score (nSPS) is 25.3. The number of Topliss-reactive ketones (excluding diaryl/α,β-unsaturated/α-hetero) is 1. The van der Waals surface area contributed by atoms with Crippen molar-refractivity contribution in [1.29, 1.82) is 0 Å². The predicted molar refractivity (Wildman–Crippen MR) is 171 cm³/mol. The average Bonchev–Trinajstić information content (AvgIpc) is 3.03. The minimum atomic E-state index is -1.86. The molecule has 14 heteroatoms. The molecule has 0 radical (unpaired) electrons. The number of para-hydroxylation sites is 1. The Morgan fingerprint density at radius 1 is 0.896 bits per heavy atom. The highest BCUT2D eigenvalue weighted by Crippen LogP contribution is 2.30. The molecule has 48 heavy (non-hydrogen) atoms. The molecule has 1 fully saturated rings. The maximum absolute atomic E-state index is 13.8. The van der Waals surface area contributed by atoms with Crippen LogP contribution in [0.25, 0.3) is 0 Å². The number of hydrogen-bond acceptors (Lipinski definition) is 12. The summed E-state index contributed by atoms with van der Waals surface area (Å²) in [5.74, 6) is -8.11. The van der Waals surface area contributed by atoms with Gasteiger partial charge in [-0.15, -0.1) is 0 Å². The highest BCUT2D eigenvalue weighted by Gasteiger charge is 2.47. The molecule has 0 saturated carbocycles. The summed E-state index contributed by atoms with van der Waals surface area (Å²) in [4.78, 5) is 92.7. The molecular weight excluding hydrogens is 628 g/mol. The van der Waals surface area contributed by atoms with Crippen LogP contribution in [0.4, 0.5) is 5.69 Å². The lowest BCUT2D eigenvalue weighted by Gasteiger charge is -2.31. The predicted octanol–water partition coefficient (Wildman–Crippen LogP) is 3.47. The zero-order valence-corrected chi connectivity index (χ0v) is 29.0. The van der Waals surface area contributed by atoms with E-state index in [0.29, 0.717) is 19.3 Å². The first-order valence-corrected chi connectivity index (χ1v) is 16.1. The Hall–Kier alpha value is -4.49. The first kappa shape index (κ1) is 39.7. The Kier molecular flexibility index (Phi) is 14.1. The van der Waals surface area contributed by atoms with Gasteiger partial charge in [0.05, 0.1) is 11.3 Å². The lowest BCUT2D eigenvalue weighted by molar-refractivity contribution is -0.183. The molecule has 3 N–H and O–H groups in total. The smallest absolute Gasteiger partial charge is 0.348 e. The van der Waals surface area contributed by atoms with Crippen molar-refractivity contribution in [3.05, 3.63) is 23.8 Å². The number of phenolic OH excluding ortho intramolecular Hbond substituents is 1. The molecule has 2 rings (SSSR count). The van der Waals surface area contributed by atoms with Gasteiger partial charge in [0.15, 0.2) is 23.7 Å². The van der Waals surface area contributed by atoms with Gasteiger partial charge in [0, 0.05) is 11.8 Å². The van der Waals surface area contributed by atoms with E-state index in [0.717, 1.165) is 0 Å². The fourth-order valence-corrected chi connectivity index (χ4v) is 4.84. The Balaban J connectivity index is 2.70. The molecule has 1 heterocycles. The van der Waals surface area contributed by atoms with Crippen molar-refractivity contribution in [2.75, 3.05) is 5.32 Å². The van der Waals surface area contributed by atoms with Crippen molar-refractivity contribution < 1.29 is 57.6 Å². The number of phenols is 1. The van der Waals surface area contributed by atoms with Crippen molar-refractivity contribution in [2.45, 2.75) is 112 Å². The Morgan fingerprint density at radius 2 is 1.46 bits per heavy atom. The number of ketones is 1. The number of hydrogen-bond donors (Lipinski definition) is 3. The third-order valence-corrected chi connectivity index (χ3v) is 8.43. The molecule has 14 nitrogen and oxygen atoms in total. The van der Waals surface area contributed by atoms with Crippen molar-refractivity contribution in [3.63, 3.8) is 0 Å². The van der Waals surface area contributed by atoms with E-state index in [1.165, 1.54) is 39.0 Å². The summed E-state index contributed by atoms with van der Waals surface area (Å²) < 4.78 is 22.5. The van der Waals surface area contributed by atoms with Crippen LogP contribution in [0.2, 0.25) is 0 Å². The van der Waals surface area contributed by atoms with Crippen molar-refractivity contribution >= 4 is 47.7 Å². The molecule has 0 aliphatic carbocycles. The number of esters is 4. The van der Waals surface area contributed by atoms with Gasteiger partial charge < -0.3 is 34.7 Å². The molecule has 1 aliphatic rings. The van der Waals surface area contributed by atoms with Crippen LogP contribution in [0.15, 0.2) is 18.2 Å². The molecule has 266 valence electrons. The van der Waals surface area contributed by atoms with E-state index in [4.69, 9.17) is 18.9 Å². The van der Waals surface area contributed by atoms with Crippen molar-refractivity contribution in [2.24, 2.45) is 23.2 Å². The van der Waals surface area contributed by atoms with E-state index in [2.05, 4.69) is 10.6 Å². The zero-order valence-electron chi connectivity index (χ0n) is 29.0. The number of carbonyl (C=O) groups is 7. The van der Waals surface area contributed by atoms with Gasteiger partial charge in [0.1, 0.15) is 11.5 Å². The van der Waals surface area contributed by atoms with Crippen molar-refractivity contribution in [3.8, 4) is 5.75 Å². The van der Waals surface area contributed by atoms with Gasteiger partial charge in [-0.25, -0.2) is 14.4 Å². The molecule has 2 amide bonds. The number of benzene rings is 1. The van der Waals surface area contributed by atoms with E-state index in [1.807, 2.05) is 0 Å². The van der Waals surface area contributed by atoms with Crippen LogP contribution in [0.1, 0.15) is 91.9 Å². The average molecular weight is 677 g/mol. The summed E-state index contributed by atoms with van der Waals surface area (Å²) in [6, 6.07) is 2.17. The minimum absolute atomic E-state index is 0.0382. The standard InChI is InChI=1S/C34H48N2O12/c1-10-18(5)26-32(43)46-23(15-17(3)4)28(39)34(8,9)33(44)48-27(19(6)11-2)31(42)45-20(7)24(30(41)47-26)36-29(40)21-13-12-14-22(25(21)38)35-16-37/h12-14,16-20,23-24,26-27,38H,10-11,15H2,1-9H3,(H,35,37)(H,36,40)/t18-,19-,20+,23-,24?,26-,27?/m0/s1. The van der Waals surface area contributed by atoms with E-state index in [1.54, 1.807) is 41.5 Å². The summed E-state index contributed by atoms with van der Waals surface area (Å²) in [6.45, 7) is 14.2. The zero-order chi connectivity index (χ0) is 36.5. The monoisotopic (exact) mass is 676 g/mol. The topological polar surface area (TPSA) is 201 Å². The maximum atomic E-state index is 13.8. The van der Waals surface area contributed by atoms with Gasteiger partial charge in [-0.05, 0) is 58.1 Å². The summed E-state index contributed by atoms with van der Waals surface area (Å²) >= 11 is 0. The summed E-state index contributed by atoms with van der Waals surface area (Å²) in [5, 5.41) is 15.2. The van der Waals surface area contributed by atoms with Gasteiger partial charge in [-0.1, -0.05) is 47.6 Å². The molecule has 0 bridgehead atoms. The summed E-state index contributed by atoms with van der Waals surface area (Å²) in [5.41, 5.74) is -2.29. The number of amides is 2. The highest BCUT2D eigenvalue weighted by atomic mass is 16.6. The quantitative estimate of drug-likeness (QED) is 0.107. The second kappa shape index (κ2) is 17.1. The van der Waals surface area contributed by atoms with Crippen molar-refractivity contribution in [1.82, 2.24) is 5.32 Å². The van der Waals surface area contributed by atoms with Gasteiger partial charge in [0.25, 0.3) is 5.91 Å². The lowest BCUT2D eigenvalue weighted by Crippen LogP contribution is -2.52. The molecular formula is C34H48N2O12. The third-order valence-electron chi connectivity index (χ3n) is 8.43. The Bertz CT molecular complexity index is 1370. The van der Waals surface area contributed by atoms with Gasteiger partial charge in [0.2, 0.25) is 18.6 Å². The van der Waals surface area contributed by atoms with Crippen LogP contribution in [-0.2, 0) is 47.7 Å².